The molecule has 1 saturated heterocycles. The third-order valence-corrected chi connectivity index (χ3v) is 3.12. The van der Waals surface area contributed by atoms with Gasteiger partial charge in [0.2, 0.25) is 0 Å². The summed E-state index contributed by atoms with van der Waals surface area (Å²) < 4.78 is 4.06. The molecule has 2 heterocycles. The highest BCUT2D eigenvalue weighted by Gasteiger charge is 2.20. The summed E-state index contributed by atoms with van der Waals surface area (Å²) in [6.07, 6.45) is 4.47. The first-order valence-corrected chi connectivity index (χ1v) is 5.59. The Labute approximate surface area is 82.7 Å². The Bertz CT molecular complexity index is 241. The van der Waals surface area contributed by atoms with E-state index in [4.69, 9.17) is 0 Å². The van der Waals surface area contributed by atoms with Crippen molar-refractivity contribution in [3.05, 3.63) is 11.6 Å². The van der Waals surface area contributed by atoms with Crippen molar-refractivity contribution in [1.29, 1.82) is 0 Å². The van der Waals surface area contributed by atoms with E-state index in [1.165, 1.54) is 30.9 Å². The highest BCUT2D eigenvalue weighted by atomic mass is 32.1. The summed E-state index contributed by atoms with van der Waals surface area (Å²) in [5.74, 6) is 0. The van der Waals surface area contributed by atoms with Crippen molar-refractivity contribution in [3.8, 4) is 0 Å². The average Bonchev–Trinajstić information content (AvgIpc) is 2.74. The van der Waals surface area contributed by atoms with Gasteiger partial charge in [0.1, 0.15) is 0 Å². The number of aromatic nitrogens is 1. The zero-order valence-electron chi connectivity index (χ0n) is 7.79. The molecule has 2 atom stereocenters. The fraction of sp³-hybridized carbons (Fsp3) is 0.667. The summed E-state index contributed by atoms with van der Waals surface area (Å²) in [6.45, 7) is 3.39. The molecule has 0 bridgehead atoms. The number of rotatable bonds is 3. The maximum absolute atomic E-state index is 4.06. The molecule has 4 heteroatoms. The Balaban J connectivity index is 1.87. The minimum Gasteiger partial charge on any atom is -0.379 e. The molecule has 1 aromatic rings. The van der Waals surface area contributed by atoms with Crippen molar-refractivity contribution in [2.24, 2.45) is 0 Å². The van der Waals surface area contributed by atoms with Crippen LogP contribution in [0.4, 0.5) is 5.69 Å². The molecule has 0 aromatic carbocycles. The zero-order valence-corrected chi connectivity index (χ0v) is 8.60. The van der Waals surface area contributed by atoms with Crippen molar-refractivity contribution in [1.82, 2.24) is 9.69 Å². The SMILES string of the molecule is CC(Nc1cnsc1)C1CCCN1. The number of hydrogen-bond acceptors (Lipinski definition) is 4. The lowest BCUT2D eigenvalue weighted by molar-refractivity contribution is 0.538. The lowest BCUT2D eigenvalue weighted by atomic mass is 10.1. The van der Waals surface area contributed by atoms with Crippen LogP contribution >= 0.6 is 11.5 Å². The van der Waals surface area contributed by atoms with Gasteiger partial charge >= 0.3 is 0 Å². The Morgan fingerprint density at radius 2 is 2.69 bits per heavy atom. The maximum atomic E-state index is 4.06. The second-order valence-electron chi connectivity index (χ2n) is 3.55. The summed E-state index contributed by atoms with van der Waals surface area (Å²) in [5.41, 5.74) is 1.14. The maximum Gasteiger partial charge on any atom is 0.0655 e. The first kappa shape index (κ1) is 8.97. The molecule has 0 saturated carbocycles. The van der Waals surface area contributed by atoms with E-state index in [9.17, 15) is 0 Å². The van der Waals surface area contributed by atoms with Crippen molar-refractivity contribution in [3.63, 3.8) is 0 Å². The summed E-state index contributed by atoms with van der Waals surface area (Å²) in [6, 6.07) is 1.12. The lowest BCUT2D eigenvalue weighted by Crippen LogP contribution is -2.37. The van der Waals surface area contributed by atoms with Gasteiger partial charge in [-0.15, -0.1) is 0 Å². The molecule has 1 aliphatic heterocycles. The smallest absolute Gasteiger partial charge is 0.0655 e. The van der Waals surface area contributed by atoms with Crippen LogP contribution in [-0.4, -0.2) is 23.0 Å². The molecule has 3 nitrogen and oxygen atoms in total. The highest BCUT2D eigenvalue weighted by Crippen LogP contribution is 2.15. The van der Waals surface area contributed by atoms with Crippen molar-refractivity contribution in [2.75, 3.05) is 11.9 Å². The second kappa shape index (κ2) is 4.07. The van der Waals surface area contributed by atoms with Gasteiger partial charge in [-0.05, 0) is 37.8 Å². The lowest BCUT2D eigenvalue weighted by Gasteiger charge is -2.20. The molecular weight excluding hydrogens is 182 g/mol. The van der Waals surface area contributed by atoms with Gasteiger partial charge < -0.3 is 10.6 Å². The summed E-state index contributed by atoms with van der Waals surface area (Å²) in [4.78, 5) is 0. The Kier molecular flexibility index (Phi) is 2.80. The van der Waals surface area contributed by atoms with Crippen LogP contribution in [0.15, 0.2) is 11.6 Å². The van der Waals surface area contributed by atoms with Crippen molar-refractivity contribution >= 4 is 17.2 Å². The standard InChI is InChI=1S/C9H15N3S/c1-7(9-3-2-4-10-9)12-8-5-11-13-6-8/h5-7,9-10,12H,2-4H2,1H3. The number of nitrogens with zero attached hydrogens (tertiary/aromatic N) is 1. The van der Waals surface area contributed by atoms with E-state index >= 15 is 0 Å². The van der Waals surface area contributed by atoms with E-state index in [-0.39, 0.29) is 0 Å². The molecule has 2 N–H and O–H groups in total. The van der Waals surface area contributed by atoms with Gasteiger partial charge in [0.05, 0.1) is 11.9 Å². The third kappa shape index (κ3) is 2.19. The highest BCUT2D eigenvalue weighted by molar-refractivity contribution is 7.04. The van der Waals surface area contributed by atoms with E-state index in [0.29, 0.717) is 12.1 Å². The molecule has 72 valence electrons. The van der Waals surface area contributed by atoms with E-state index < -0.39 is 0 Å². The van der Waals surface area contributed by atoms with Gasteiger partial charge in [-0.2, -0.15) is 4.37 Å². The van der Waals surface area contributed by atoms with Crippen LogP contribution in [0.5, 0.6) is 0 Å². The quantitative estimate of drug-likeness (QED) is 0.774. The monoisotopic (exact) mass is 197 g/mol. The third-order valence-electron chi connectivity index (χ3n) is 2.53. The van der Waals surface area contributed by atoms with Crippen LogP contribution in [0.25, 0.3) is 0 Å². The second-order valence-corrected chi connectivity index (χ2v) is 4.21. The van der Waals surface area contributed by atoms with E-state index in [0.717, 1.165) is 5.69 Å². The van der Waals surface area contributed by atoms with Crippen LogP contribution in [0, 0.1) is 0 Å². The fourth-order valence-electron chi connectivity index (χ4n) is 1.78. The predicted octanol–water partition coefficient (Wildman–Crippen LogP) is 1.70. The van der Waals surface area contributed by atoms with Gasteiger partial charge in [0, 0.05) is 17.5 Å². The molecule has 1 fully saturated rings. The van der Waals surface area contributed by atoms with Gasteiger partial charge in [-0.25, -0.2) is 0 Å². The summed E-state index contributed by atoms with van der Waals surface area (Å²) in [7, 11) is 0. The molecule has 2 unspecified atom stereocenters. The number of anilines is 1. The number of hydrogen-bond donors (Lipinski definition) is 2. The first-order chi connectivity index (χ1) is 6.36. The summed E-state index contributed by atoms with van der Waals surface area (Å²) in [5, 5.41) is 8.99. The molecule has 13 heavy (non-hydrogen) atoms. The van der Waals surface area contributed by atoms with Crippen LogP contribution in [0.3, 0.4) is 0 Å². The Hall–Kier alpha value is -0.610. The largest absolute Gasteiger partial charge is 0.379 e. The number of nitrogens with one attached hydrogen (secondary N) is 2. The van der Waals surface area contributed by atoms with Gasteiger partial charge in [0.15, 0.2) is 0 Å². The van der Waals surface area contributed by atoms with Gasteiger partial charge in [0.25, 0.3) is 0 Å². The van der Waals surface area contributed by atoms with Gasteiger partial charge in [-0.1, -0.05) is 0 Å². The van der Waals surface area contributed by atoms with E-state index in [1.54, 1.807) is 0 Å². The van der Waals surface area contributed by atoms with Crippen LogP contribution in [0.1, 0.15) is 19.8 Å². The Morgan fingerprint density at radius 1 is 1.77 bits per heavy atom. The summed E-state index contributed by atoms with van der Waals surface area (Å²) >= 11 is 1.49. The molecule has 2 rings (SSSR count). The van der Waals surface area contributed by atoms with Crippen molar-refractivity contribution < 1.29 is 0 Å². The Morgan fingerprint density at radius 3 is 3.31 bits per heavy atom. The van der Waals surface area contributed by atoms with Gasteiger partial charge in [-0.3, -0.25) is 0 Å². The molecule has 1 aromatic heterocycles. The molecule has 0 aliphatic carbocycles. The first-order valence-electron chi connectivity index (χ1n) is 4.75. The fourth-order valence-corrected chi connectivity index (χ4v) is 2.26. The normalized spacial score (nSPS) is 24.5. The zero-order chi connectivity index (χ0) is 9.10. The molecule has 0 amide bonds. The minimum atomic E-state index is 0.499. The molecule has 0 radical (unpaired) electrons. The van der Waals surface area contributed by atoms with Crippen LogP contribution < -0.4 is 10.6 Å². The molecular formula is C9H15N3S. The van der Waals surface area contributed by atoms with Crippen molar-refractivity contribution in [2.45, 2.75) is 31.8 Å². The molecule has 1 aliphatic rings. The molecule has 0 spiro atoms. The van der Waals surface area contributed by atoms with E-state index in [1.807, 2.05) is 11.6 Å². The van der Waals surface area contributed by atoms with Crippen LogP contribution in [0.2, 0.25) is 0 Å². The minimum absolute atomic E-state index is 0.499. The predicted molar refractivity (Wildman–Crippen MR) is 56.2 cm³/mol. The van der Waals surface area contributed by atoms with Crippen LogP contribution in [-0.2, 0) is 0 Å². The van der Waals surface area contributed by atoms with E-state index in [2.05, 4.69) is 21.9 Å². The topological polar surface area (TPSA) is 37.0 Å². The average molecular weight is 197 g/mol.